The SMILES string of the molecule is Cn1nc(C(F)(F)F)c(/C=N\OCc2ccc(Cl)c(Cl)c2)c1Cl. The van der Waals surface area contributed by atoms with Crippen LogP contribution in [0.4, 0.5) is 13.2 Å². The molecule has 2 aromatic rings. The highest BCUT2D eigenvalue weighted by molar-refractivity contribution is 6.42. The van der Waals surface area contributed by atoms with Gasteiger partial charge in [0.25, 0.3) is 0 Å². The van der Waals surface area contributed by atoms with Crippen LogP contribution in [0.1, 0.15) is 16.8 Å². The molecule has 0 aliphatic carbocycles. The molecule has 0 radical (unpaired) electrons. The van der Waals surface area contributed by atoms with Crippen LogP contribution >= 0.6 is 34.8 Å². The lowest BCUT2D eigenvalue weighted by atomic mass is 10.2. The maximum absolute atomic E-state index is 12.8. The van der Waals surface area contributed by atoms with E-state index < -0.39 is 11.9 Å². The van der Waals surface area contributed by atoms with Gasteiger partial charge in [0.2, 0.25) is 0 Å². The van der Waals surface area contributed by atoms with Crippen molar-refractivity contribution in [1.29, 1.82) is 0 Å². The van der Waals surface area contributed by atoms with E-state index in [0.717, 1.165) is 10.9 Å². The molecule has 10 heteroatoms. The zero-order chi connectivity index (χ0) is 17.2. The minimum Gasteiger partial charge on any atom is -0.391 e. The largest absolute Gasteiger partial charge is 0.435 e. The lowest BCUT2D eigenvalue weighted by Crippen LogP contribution is -2.09. The van der Waals surface area contributed by atoms with Gasteiger partial charge in [0.1, 0.15) is 11.8 Å². The molecule has 1 aromatic carbocycles. The molecule has 0 atom stereocenters. The van der Waals surface area contributed by atoms with Crippen LogP contribution in [-0.4, -0.2) is 16.0 Å². The molecule has 0 bridgehead atoms. The van der Waals surface area contributed by atoms with Gasteiger partial charge in [0.15, 0.2) is 5.69 Å². The molecule has 0 unspecified atom stereocenters. The fourth-order valence-electron chi connectivity index (χ4n) is 1.67. The monoisotopic (exact) mass is 385 g/mol. The van der Waals surface area contributed by atoms with E-state index >= 15 is 0 Å². The lowest BCUT2D eigenvalue weighted by Gasteiger charge is -2.03. The third-order valence-electron chi connectivity index (χ3n) is 2.75. The number of benzene rings is 1. The van der Waals surface area contributed by atoms with E-state index in [9.17, 15) is 13.2 Å². The van der Waals surface area contributed by atoms with E-state index in [0.29, 0.717) is 15.6 Å². The Morgan fingerprint density at radius 2 is 1.96 bits per heavy atom. The minimum atomic E-state index is -4.64. The van der Waals surface area contributed by atoms with Crippen LogP contribution in [0.25, 0.3) is 0 Å². The highest BCUT2D eigenvalue weighted by Crippen LogP contribution is 2.33. The second kappa shape index (κ2) is 6.98. The summed E-state index contributed by atoms with van der Waals surface area (Å²) >= 11 is 17.4. The van der Waals surface area contributed by atoms with Gasteiger partial charge < -0.3 is 4.84 Å². The maximum Gasteiger partial charge on any atom is 0.435 e. The van der Waals surface area contributed by atoms with Gasteiger partial charge in [-0.1, -0.05) is 46.0 Å². The van der Waals surface area contributed by atoms with Crippen molar-refractivity contribution in [1.82, 2.24) is 9.78 Å². The summed E-state index contributed by atoms with van der Waals surface area (Å²) < 4.78 is 39.4. The van der Waals surface area contributed by atoms with Crippen molar-refractivity contribution in [2.75, 3.05) is 0 Å². The average molecular weight is 387 g/mol. The summed E-state index contributed by atoms with van der Waals surface area (Å²) in [7, 11) is 1.30. The maximum atomic E-state index is 12.8. The van der Waals surface area contributed by atoms with Gasteiger partial charge in [0, 0.05) is 7.05 Å². The molecular weight excluding hydrogens is 378 g/mol. The number of aryl methyl sites for hydroxylation is 1. The van der Waals surface area contributed by atoms with Gasteiger partial charge in [-0.25, -0.2) is 0 Å². The van der Waals surface area contributed by atoms with E-state index in [-0.39, 0.29) is 17.3 Å². The van der Waals surface area contributed by atoms with Crippen LogP contribution in [0, 0.1) is 0 Å². The first-order valence-corrected chi connectivity index (χ1v) is 7.22. The molecule has 0 aliphatic heterocycles. The molecule has 0 fully saturated rings. The molecule has 0 spiro atoms. The smallest absolute Gasteiger partial charge is 0.391 e. The molecule has 0 aliphatic rings. The summed E-state index contributed by atoms with van der Waals surface area (Å²) in [5, 5.41) is 7.35. The molecule has 4 nitrogen and oxygen atoms in total. The van der Waals surface area contributed by atoms with Crippen LogP contribution in [-0.2, 0) is 24.7 Å². The number of hydrogen-bond donors (Lipinski definition) is 0. The normalized spacial score (nSPS) is 12.1. The van der Waals surface area contributed by atoms with Crippen LogP contribution in [0.3, 0.4) is 0 Å². The van der Waals surface area contributed by atoms with E-state index in [1.165, 1.54) is 7.05 Å². The Balaban J connectivity index is 2.10. The summed E-state index contributed by atoms with van der Waals surface area (Å²) in [5.74, 6) is 0. The summed E-state index contributed by atoms with van der Waals surface area (Å²) in [6.45, 7) is 0.00657. The first-order chi connectivity index (χ1) is 10.7. The van der Waals surface area contributed by atoms with Gasteiger partial charge in [-0.05, 0) is 17.7 Å². The van der Waals surface area contributed by atoms with Crippen LogP contribution < -0.4 is 0 Å². The fraction of sp³-hybridized carbons (Fsp3) is 0.231. The second-order valence-electron chi connectivity index (χ2n) is 4.43. The Morgan fingerprint density at radius 3 is 2.57 bits per heavy atom. The number of alkyl halides is 3. The van der Waals surface area contributed by atoms with E-state index in [1.54, 1.807) is 18.2 Å². The minimum absolute atomic E-state index is 0.00657. The third kappa shape index (κ3) is 4.31. The molecule has 0 amide bonds. The molecule has 0 saturated heterocycles. The predicted octanol–water partition coefficient (Wildman–Crippen LogP) is 4.95. The molecule has 0 saturated carbocycles. The van der Waals surface area contributed by atoms with Crippen molar-refractivity contribution in [2.45, 2.75) is 12.8 Å². The first kappa shape index (κ1) is 17.9. The zero-order valence-electron chi connectivity index (χ0n) is 11.5. The van der Waals surface area contributed by atoms with Gasteiger partial charge in [-0.2, -0.15) is 18.3 Å². The number of hydrogen-bond acceptors (Lipinski definition) is 3. The van der Waals surface area contributed by atoms with E-state index in [2.05, 4.69) is 10.3 Å². The van der Waals surface area contributed by atoms with Crippen molar-refractivity contribution in [3.05, 3.63) is 50.2 Å². The highest BCUT2D eigenvalue weighted by Gasteiger charge is 2.38. The van der Waals surface area contributed by atoms with Crippen molar-refractivity contribution in [2.24, 2.45) is 12.2 Å². The van der Waals surface area contributed by atoms with Crippen LogP contribution in [0.5, 0.6) is 0 Å². The number of rotatable bonds is 4. The van der Waals surface area contributed by atoms with Crippen molar-refractivity contribution >= 4 is 41.0 Å². The van der Waals surface area contributed by atoms with Crippen LogP contribution in [0.15, 0.2) is 23.4 Å². The number of halogens is 6. The number of oxime groups is 1. The molecule has 1 aromatic heterocycles. The number of aromatic nitrogens is 2. The quantitative estimate of drug-likeness (QED) is 0.551. The molecule has 0 N–H and O–H groups in total. The second-order valence-corrected chi connectivity index (χ2v) is 5.60. The molecule has 23 heavy (non-hydrogen) atoms. The Labute approximate surface area is 144 Å². The standard InChI is InChI=1S/C13H9Cl3F3N3O/c1-22-12(16)8(11(21-22)13(17,18)19)5-20-23-6-7-2-3-9(14)10(15)4-7/h2-5H,6H2,1H3/b20-5-. The van der Waals surface area contributed by atoms with Gasteiger partial charge in [-0.15, -0.1) is 0 Å². The Hall–Kier alpha value is -1.44. The fourth-order valence-corrected chi connectivity index (χ4v) is 2.17. The summed E-state index contributed by atoms with van der Waals surface area (Å²) in [6, 6.07) is 4.80. The summed E-state index contributed by atoms with van der Waals surface area (Å²) in [6.07, 6.45) is -3.77. The average Bonchev–Trinajstić information content (AvgIpc) is 2.75. The zero-order valence-corrected chi connectivity index (χ0v) is 13.8. The van der Waals surface area contributed by atoms with Gasteiger partial charge >= 0.3 is 6.18 Å². The molecule has 1 heterocycles. The highest BCUT2D eigenvalue weighted by atomic mass is 35.5. The molecule has 124 valence electrons. The Kier molecular flexibility index (Phi) is 5.44. The lowest BCUT2D eigenvalue weighted by molar-refractivity contribution is -0.141. The van der Waals surface area contributed by atoms with Crippen molar-refractivity contribution in [3.8, 4) is 0 Å². The summed E-state index contributed by atoms with van der Waals surface area (Å²) in [5.41, 5.74) is -0.840. The van der Waals surface area contributed by atoms with Gasteiger partial charge in [0.05, 0.1) is 21.8 Å². The molecular formula is C13H9Cl3F3N3O. The molecule has 2 rings (SSSR count). The van der Waals surface area contributed by atoms with Crippen molar-refractivity contribution < 1.29 is 18.0 Å². The first-order valence-electron chi connectivity index (χ1n) is 6.09. The van der Waals surface area contributed by atoms with Gasteiger partial charge in [-0.3, -0.25) is 4.68 Å². The number of nitrogens with zero attached hydrogens (tertiary/aromatic N) is 3. The van der Waals surface area contributed by atoms with Crippen LogP contribution in [0.2, 0.25) is 15.2 Å². The van der Waals surface area contributed by atoms with Crippen molar-refractivity contribution in [3.63, 3.8) is 0 Å². The van der Waals surface area contributed by atoms with E-state index in [4.69, 9.17) is 39.6 Å². The third-order valence-corrected chi connectivity index (χ3v) is 3.94. The topological polar surface area (TPSA) is 39.4 Å². The Bertz CT molecular complexity index is 744. The Morgan fingerprint density at radius 1 is 1.26 bits per heavy atom. The summed E-state index contributed by atoms with van der Waals surface area (Å²) in [4.78, 5) is 4.96. The predicted molar refractivity (Wildman–Crippen MR) is 82.1 cm³/mol. The van der Waals surface area contributed by atoms with E-state index in [1.807, 2.05) is 0 Å².